The zero-order valence-electron chi connectivity index (χ0n) is 24.6. The van der Waals surface area contributed by atoms with Gasteiger partial charge in [0, 0.05) is 69.0 Å². The molecule has 2 amide bonds. The molecule has 1 unspecified atom stereocenters. The Bertz CT molecular complexity index is 1480. The number of carbonyl (C=O) groups excluding carboxylic acids is 2. The van der Waals surface area contributed by atoms with Crippen LogP contribution in [-0.4, -0.2) is 72.4 Å². The van der Waals surface area contributed by atoms with Crippen molar-refractivity contribution in [2.75, 3.05) is 44.7 Å². The molecule has 1 aromatic heterocycles. The van der Waals surface area contributed by atoms with E-state index in [0.29, 0.717) is 13.0 Å². The fourth-order valence-corrected chi connectivity index (χ4v) is 5.80. The van der Waals surface area contributed by atoms with Gasteiger partial charge in [0.15, 0.2) is 0 Å². The summed E-state index contributed by atoms with van der Waals surface area (Å²) in [7, 11) is 1.82. The number of likely N-dealkylation sites (N-methyl/N-ethyl adjacent to an activating group) is 1. The van der Waals surface area contributed by atoms with Crippen LogP contribution in [-0.2, 0) is 22.6 Å². The molecule has 1 aliphatic rings. The van der Waals surface area contributed by atoms with Crippen molar-refractivity contribution in [2.45, 2.75) is 39.8 Å². The van der Waals surface area contributed by atoms with E-state index in [-0.39, 0.29) is 18.4 Å². The summed E-state index contributed by atoms with van der Waals surface area (Å²) in [4.78, 5) is 36.7. The average molecular weight is 552 g/mol. The molecular formula is C34H41N5O2. The Morgan fingerprint density at radius 1 is 0.927 bits per heavy atom. The lowest BCUT2D eigenvalue weighted by atomic mass is 10.00. The third kappa shape index (κ3) is 6.80. The lowest BCUT2D eigenvalue weighted by Gasteiger charge is -2.36. The molecule has 0 aliphatic carbocycles. The lowest BCUT2D eigenvalue weighted by molar-refractivity contribution is -0.136. The largest absolute Gasteiger partial charge is 0.369 e. The van der Waals surface area contributed by atoms with Crippen LogP contribution in [0.5, 0.6) is 0 Å². The zero-order chi connectivity index (χ0) is 28.9. The van der Waals surface area contributed by atoms with Gasteiger partial charge in [-0.3, -0.25) is 14.5 Å². The van der Waals surface area contributed by atoms with Crippen LogP contribution in [0.3, 0.4) is 0 Å². The number of para-hydroxylation sites is 2. The number of nitrogens with zero attached hydrogens (tertiary/aromatic N) is 3. The van der Waals surface area contributed by atoms with Crippen molar-refractivity contribution < 1.29 is 9.59 Å². The summed E-state index contributed by atoms with van der Waals surface area (Å²) in [6, 6.07) is 22.1. The van der Waals surface area contributed by atoms with Crippen LogP contribution in [0.4, 0.5) is 5.69 Å². The minimum atomic E-state index is -0.662. The van der Waals surface area contributed by atoms with Crippen molar-refractivity contribution in [3.63, 3.8) is 0 Å². The van der Waals surface area contributed by atoms with Crippen molar-refractivity contribution in [3.8, 4) is 0 Å². The fraction of sp³-hybridized carbons (Fsp3) is 0.353. The summed E-state index contributed by atoms with van der Waals surface area (Å²) in [5, 5.41) is 4.18. The maximum Gasteiger partial charge on any atom is 0.245 e. The molecule has 0 radical (unpaired) electrons. The molecule has 1 atom stereocenters. The first-order valence-corrected chi connectivity index (χ1v) is 14.5. The third-order valence-electron chi connectivity index (χ3n) is 8.38. The summed E-state index contributed by atoms with van der Waals surface area (Å²) < 4.78 is 0. The number of aromatic nitrogens is 1. The number of amides is 2. The molecule has 2 N–H and O–H groups in total. The van der Waals surface area contributed by atoms with Gasteiger partial charge in [-0.2, -0.15) is 0 Å². The highest BCUT2D eigenvalue weighted by atomic mass is 16.2. The first-order valence-electron chi connectivity index (χ1n) is 14.5. The normalized spacial score (nSPS) is 14.7. The number of carbonyl (C=O) groups is 2. The van der Waals surface area contributed by atoms with Crippen LogP contribution < -0.4 is 10.2 Å². The van der Waals surface area contributed by atoms with E-state index in [1.165, 1.54) is 22.4 Å². The van der Waals surface area contributed by atoms with E-state index < -0.39 is 6.04 Å². The van der Waals surface area contributed by atoms with Gasteiger partial charge in [0.05, 0.1) is 6.54 Å². The van der Waals surface area contributed by atoms with Crippen LogP contribution >= 0.6 is 0 Å². The molecular weight excluding hydrogens is 510 g/mol. The third-order valence-corrected chi connectivity index (χ3v) is 8.38. The number of nitrogens with one attached hydrogen (secondary N) is 2. The van der Waals surface area contributed by atoms with Gasteiger partial charge in [-0.25, -0.2) is 0 Å². The molecule has 1 aliphatic heterocycles. The second-order valence-corrected chi connectivity index (χ2v) is 11.3. The maximum atomic E-state index is 13.9. The molecule has 0 bridgehead atoms. The van der Waals surface area contributed by atoms with Gasteiger partial charge >= 0.3 is 0 Å². The van der Waals surface area contributed by atoms with E-state index in [1.54, 1.807) is 4.90 Å². The van der Waals surface area contributed by atoms with Crippen LogP contribution in [0, 0.1) is 20.8 Å². The fourth-order valence-electron chi connectivity index (χ4n) is 5.80. The monoisotopic (exact) mass is 551 g/mol. The number of H-pyrrole nitrogens is 1. The molecule has 5 rings (SSSR count). The van der Waals surface area contributed by atoms with E-state index in [9.17, 15) is 9.59 Å². The Morgan fingerprint density at radius 2 is 1.59 bits per heavy atom. The zero-order valence-corrected chi connectivity index (χ0v) is 24.6. The van der Waals surface area contributed by atoms with E-state index in [4.69, 9.17) is 0 Å². The average Bonchev–Trinajstić information content (AvgIpc) is 3.38. The quantitative estimate of drug-likeness (QED) is 0.319. The molecule has 1 fully saturated rings. The number of fused-ring (bicyclic) bond motifs is 1. The minimum Gasteiger partial charge on any atom is -0.369 e. The van der Waals surface area contributed by atoms with Crippen LogP contribution in [0.2, 0.25) is 0 Å². The Labute approximate surface area is 243 Å². The number of piperazine rings is 1. The van der Waals surface area contributed by atoms with Crippen molar-refractivity contribution in [1.29, 1.82) is 0 Å². The number of anilines is 1. The standard InChI is InChI=1S/C34H41N5O2/c1-24-18-27(19-25(2)26(24)3)22-37(4)34(41)32(20-28-21-35-31-13-9-8-12-30(28)31)36-33(40)23-38-14-16-39(17-15-38)29-10-6-5-7-11-29/h5-13,18-19,21,32,35H,14-17,20,22-23H2,1-4H3,(H,36,40). The summed E-state index contributed by atoms with van der Waals surface area (Å²) in [6.07, 6.45) is 2.37. The molecule has 3 aromatic carbocycles. The Kier molecular flexibility index (Phi) is 8.74. The molecule has 214 valence electrons. The van der Waals surface area contributed by atoms with Crippen molar-refractivity contribution >= 4 is 28.4 Å². The Hall–Kier alpha value is -4.10. The minimum absolute atomic E-state index is 0.0894. The Balaban J connectivity index is 1.27. The summed E-state index contributed by atoms with van der Waals surface area (Å²) in [5.74, 6) is -0.208. The molecule has 0 spiro atoms. The lowest BCUT2D eigenvalue weighted by Crippen LogP contribution is -2.53. The van der Waals surface area contributed by atoms with Gasteiger partial charge in [-0.05, 0) is 66.8 Å². The molecule has 7 nitrogen and oxygen atoms in total. The Morgan fingerprint density at radius 3 is 2.29 bits per heavy atom. The highest BCUT2D eigenvalue weighted by molar-refractivity contribution is 5.90. The van der Waals surface area contributed by atoms with E-state index >= 15 is 0 Å². The van der Waals surface area contributed by atoms with Gasteiger partial charge in [-0.1, -0.05) is 48.5 Å². The van der Waals surface area contributed by atoms with Crippen LogP contribution in [0.1, 0.15) is 27.8 Å². The van der Waals surface area contributed by atoms with E-state index in [0.717, 1.165) is 48.2 Å². The highest BCUT2D eigenvalue weighted by Gasteiger charge is 2.27. The highest BCUT2D eigenvalue weighted by Crippen LogP contribution is 2.21. The molecule has 1 saturated heterocycles. The van der Waals surface area contributed by atoms with Gasteiger partial charge in [0.1, 0.15) is 6.04 Å². The van der Waals surface area contributed by atoms with Crippen LogP contribution in [0.15, 0.2) is 72.9 Å². The van der Waals surface area contributed by atoms with Gasteiger partial charge in [0.2, 0.25) is 11.8 Å². The number of benzene rings is 3. The molecule has 7 heteroatoms. The van der Waals surface area contributed by atoms with Crippen molar-refractivity contribution in [3.05, 3.63) is 101 Å². The van der Waals surface area contributed by atoms with E-state index in [1.807, 2.05) is 37.5 Å². The van der Waals surface area contributed by atoms with Crippen molar-refractivity contribution in [2.24, 2.45) is 0 Å². The SMILES string of the molecule is Cc1cc(CN(C)C(=O)C(Cc2c[nH]c3ccccc23)NC(=O)CN2CCN(c3ccccc3)CC2)cc(C)c1C. The summed E-state index contributed by atoms with van der Waals surface area (Å²) >= 11 is 0. The number of aromatic amines is 1. The van der Waals surface area contributed by atoms with E-state index in [2.05, 4.69) is 83.3 Å². The molecule has 2 heterocycles. The first kappa shape index (κ1) is 28.4. The molecule has 41 heavy (non-hydrogen) atoms. The second-order valence-electron chi connectivity index (χ2n) is 11.3. The summed E-state index contributed by atoms with van der Waals surface area (Å²) in [5.41, 5.74) is 8.06. The number of rotatable bonds is 9. The summed E-state index contributed by atoms with van der Waals surface area (Å²) in [6.45, 7) is 10.4. The van der Waals surface area contributed by atoms with Gasteiger partial charge in [0.25, 0.3) is 0 Å². The molecule has 0 saturated carbocycles. The van der Waals surface area contributed by atoms with Crippen LogP contribution in [0.25, 0.3) is 10.9 Å². The molecule has 4 aromatic rings. The second kappa shape index (κ2) is 12.6. The number of aryl methyl sites for hydroxylation is 2. The number of hydrogen-bond donors (Lipinski definition) is 2. The maximum absolute atomic E-state index is 13.9. The van der Waals surface area contributed by atoms with Crippen molar-refractivity contribution in [1.82, 2.24) is 20.1 Å². The predicted octanol–water partition coefficient (Wildman–Crippen LogP) is 4.60. The predicted molar refractivity (Wildman–Crippen MR) is 166 cm³/mol. The van der Waals surface area contributed by atoms with Gasteiger partial charge < -0.3 is 20.1 Å². The first-order chi connectivity index (χ1) is 19.8. The number of hydrogen-bond acceptors (Lipinski definition) is 4. The smallest absolute Gasteiger partial charge is 0.245 e. The topological polar surface area (TPSA) is 71.7 Å². The van der Waals surface area contributed by atoms with Gasteiger partial charge in [-0.15, -0.1) is 0 Å².